The molecule has 8 nitrogen and oxygen atoms in total. The smallest absolute Gasteiger partial charge is 0.339 e. The summed E-state index contributed by atoms with van der Waals surface area (Å²) in [5.74, 6) is -0.990. The lowest BCUT2D eigenvalue weighted by molar-refractivity contribution is -0.340. The van der Waals surface area contributed by atoms with E-state index < -0.39 is 33.5 Å². The summed E-state index contributed by atoms with van der Waals surface area (Å²) in [7, 11) is 0. The van der Waals surface area contributed by atoms with Crippen LogP contribution in [0.15, 0.2) is 30.5 Å². The quantitative estimate of drug-likeness (QED) is 0.319. The van der Waals surface area contributed by atoms with Crippen LogP contribution in [0.2, 0.25) is 0 Å². The number of rotatable bonds is 3. The van der Waals surface area contributed by atoms with E-state index in [1.54, 1.807) is 24.3 Å². The van der Waals surface area contributed by atoms with Crippen LogP contribution in [0.3, 0.4) is 0 Å². The summed E-state index contributed by atoms with van der Waals surface area (Å²) in [4.78, 5) is 16.0. The lowest BCUT2D eigenvalue weighted by Gasteiger charge is -2.53. The average Bonchev–Trinajstić information content (AvgIpc) is 3.15. The van der Waals surface area contributed by atoms with Crippen LogP contribution in [0.4, 0.5) is 0 Å². The zero-order valence-electron chi connectivity index (χ0n) is 15.9. The number of benzene rings is 1. The fraction of sp³-hybridized carbons (Fsp3) is 0.550. The van der Waals surface area contributed by atoms with Crippen molar-refractivity contribution in [2.45, 2.75) is 65.8 Å². The lowest BCUT2D eigenvalue weighted by atomic mass is 9.77. The Morgan fingerprint density at radius 3 is 2.57 bits per heavy atom. The zero-order chi connectivity index (χ0) is 21.7. The number of carbonyl (C=O) groups is 1. The van der Waals surface area contributed by atoms with Gasteiger partial charge in [0.1, 0.15) is 6.10 Å². The zero-order valence-corrected chi connectivity index (χ0v) is 18.3. The molecule has 0 spiro atoms. The summed E-state index contributed by atoms with van der Waals surface area (Å²) in [5.41, 5.74) is -2.08. The van der Waals surface area contributed by atoms with Crippen LogP contribution in [0.25, 0.3) is 10.9 Å². The maximum absolute atomic E-state index is 13.1. The molecule has 0 unspecified atom stereocenters. The molecule has 5 N–H and O–H groups in total. The predicted molar refractivity (Wildman–Crippen MR) is 111 cm³/mol. The number of fused-ring (bicyclic) bond motifs is 1. The molecule has 10 heteroatoms. The monoisotopic (exact) mass is 503 g/mol. The number of carbonyl (C=O) groups excluding carboxylic acids is 1. The number of hydrogen-bond acceptors (Lipinski definition) is 7. The second-order valence-corrected chi connectivity index (χ2v) is 9.63. The fourth-order valence-electron chi connectivity index (χ4n) is 4.26. The number of halogens is 2. The van der Waals surface area contributed by atoms with Gasteiger partial charge in [-0.3, -0.25) is 0 Å². The number of hydrogen-bond donors (Lipinski definition) is 5. The predicted octanol–water partition coefficient (Wildman–Crippen LogP) is 1.96. The number of aliphatic hydroxyl groups is 4. The van der Waals surface area contributed by atoms with E-state index in [1.165, 1.54) is 6.20 Å². The lowest BCUT2D eigenvalue weighted by Crippen LogP contribution is -2.75. The van der Waals surface area contributed by atoms with Gasteiger partial charge in [0.2, 0.25) is 9.57 Å². The summed E-state index contributed by atoms with van der Waals surface area (Å²) in [5, 5.41) is 41.2. The second-order valence-electron chi connectivity index (χ2n) is 7.88. The van der Waals surface area contributed by atoms with Gasteiger partial charge in [0.15, 0.2) is 18.0 Å². The van der Waals surface area contributed by atoms with Crippen molar-refractivity contribution in [2.24, 2.45) is 0 Å². The Hall–Kier alpha value is -1.20. The molecule has 0 radical (unpaired) electrons. The van der Waals surface area contributed by atoms with Gasteiger partial charge in [-0.05, 0) is 47.7 Å². The van der Waals surface area contributed by atoms with Crippen LogP contribution in [-0.4, -0.2) is 59.4 Å². The summed E-state index contributed by atoms with van der Waals surface area (Å²) in [6.45, 7) is 0. The van der Waals surface area contributed by atoms with Gasteiger partial charge in [-0.15, -0.1) is 0 Å². The first kappa shape index (κ1) is 22.0. The van der Waals surface area contributed by atoms with Crippen LogP contribution < -0.4 is 0 Å². The highest BCUT2D eigenvalue weighted by Crippen LogP contribution is 2.55. The van der Waals surface area contributed by atoms with Gasteiger partial charge >= 0.3 is 5.97 Å². The molecule has 4 rings (SSSR count). The number of esters is 1. The van der Waals surface area contributed by atoms with E-state index >= 15 is 0 Å². The third-order valence-electron chi connectivity index (χ3n) is 5.99. The van der Waals surface area contributed by atoms with Crippen molar-refractivity contribution in [3.05, 3.63) is 36.0 Å². The minimum absolute atomic E-state index is 0.00553. The molecule has 1 aromatic heterocycles. The van der Waals surface area contributed by atoms with Crippen molar-refractivity contribution in [2.75, 3.05) is 0 Å². The topological polar surface area (TPSA) is 132 Å². The molecule has 2 aromatic rings. The molecule has 1 aliphatic carbocycles. The number of aliphatic hydroxyl groups excluding tert-OH is 1. The third-order valence-corrected chi connectivity index (χ3v) is 7.76. The van der Waals surface area contributed by atoms with E-state index in [9.17, 15) is 25.2 Å². The highest BCUT2D eigenvalue weighted by Gasteiger charge is 2.74. The minimum Gasteiger partial charge on any atom is -0.460 e. The van der Waals surface area contributed by atoms with Crippen LogP contribution in [0, 0.1) is 0 Å². The molecule has 1 aliphatic heterocycles. The second kappa shape index (κ2) is 7.74. The molecule has 0 bridgehead atoms. The Morgan fingerprint density at radius 1 is 1.20 bits per heavy atom. The molecule has 0 amide bonds. The van der Waals surface area contributed by atoms with Gasteiger partial charge in [0, 0.05) is 22.7 Å². The number of H-pyrrole nitrogens is 1. The molecule has 2 aliphatic rings. The molecular formula is C20H23BrClNO7. The van der Waals surface area contributed by atoms with Crippen LogP contribution in [0.1, 0.15) is 37.7 Å². The first-order valence-electron chi connectivity index (χ1n) is 9.76. The van der Waals surface area contributed by atoms with E-state index in [-0.39, 0.29) is 11.7 Å². The number of alkyl halides is 2. The van der Waals surface area contributed by atoms with Crippen LogP contribution in [0.5, 0.6) is 0 Å². The molecule has 5 atom stereocenters. The molecule has 1 aromatic carbocycles. The highest BCUT2D eigenvalue weighted by molar-refractivity contribution is 9.10. The molecule has 1 saturated heterocycles. The molecule has 1 saturated carbocycles. The third kappa shape index (κ3) is 3.19. The van der Waals surface area contributed by atoms with Crippen molar-refractivity contribution in [1.82, 2.24) is 4.98 Å². The molecule has 2 heterocycles. The maximum Gasteiger partial charge on any atom is 0.339 e. The normalized spacial score (nSPS) is 37.9. The van der Waals surface area contributed by atoms with Crippen LogP contribution >= 0.6 is 27.5 Å². The largest absolute Gasteiger partial charge is 0.460 e. The van der Waals surface area contributed by atoms with Crippen LogP contribution in [-0.2, 0) is 19.9 Å². The summed E-state index contributed by atoms with van der Waals surface area (Å²) in [6.07, 6.45) is 1.14. The van der Waals surface area contributed by atoms with E-state index in [0.29, 0.717) is 23.7 Å². The van der Waals surface area contributed by atoms with Gasteiger partial charge in [0.05, 0.1) is 0 Å². The molecular weight excluding hydrogens is 482 g/mol. The fourth-order valence-corrected chi connectivity index (χ4v) is 4.97. The Morgan fingerprint density at radius 2 is 1.87 bits per heavy atom. The van der Waals surface area contributed by atoms with E-state index in [0.717, 1.165) is 19.3 Å². The van der Waals surface area contributed by atoms with E-state index in [1.807, 2.05) is 0 Å². The van der Waals surface area contributed by atoms with Gasteiger partial charge in [-0.2, -0.15) is 0 Å². The van der Waals surface area contributed by atoms with Gasteiger partial charge in [-0.25, -0.2) is 4.79 Å². The molecule has 164 valence electrons. The van der Waals surface area contributed by atoms with Crippen molar-refractivity contribution in [3.8, 4) is 0 Å². The first-order valence-corrected chi connectivity index (χ1v) is 10.9. The number of aromatic nitrogens is 1. The molecule has 2 fully saturated rings. The SMILES string of the molecule is O=C(OC1CCCCC1)[C@H]1O[C@@H](O)[C@@](O)(Br)[C@](O)(Cl)[C@@]1(O)c1c[nH]c2ccccc12. The first-order chi connectivity index (χ1) is 14.1. The van der Waals surface area contributed by atoms with Gasteiger partial charge in [0.25, 0.3) is 0 Å². The number of para-hydroxylation sites is 1. The maximum atomic E-state index is 13.1. The van der Waals surface area contributed by atoms with Gasteiger partial charge in [-0.1, -0.05) is 36.2 Å². The summed E-state index contributed by atoms with van der Waals surface area (Å²) >= 11 is 9.04. The Balaban J connectivity index is 1.81. The van der Waals surface area contributed by atoms with Crippen molar-refractivity contribution in [1.29, 1.82) is 0 Å². The Bertz CT molecular complexity index is 942. The Labute approximate surface area is 185 Å². The number of ether oxygens (including phenoxy) is 2. The number of nitrogens with one attached hydrogen (secondary N) is 1. The number of aromatic amines is 1. The highest BCUT2D eigenvalue weighted by atomic mass is 79.9. The average molecular weight is 505 g/mol. The minimum atomic E-state index is -2.97. The standard InChI is InChI=1S/C20H23BrClNO7/c21-19(27)17(25)30-15(16(24)29-11-6-2-1-3-7-11)18(26,20(19,22)28)13-10-23-14-9-5-4-8-12(13)14/h4-5,8-11,15,17,23,25-28H,1-3,6-7H2/t15-,17-,18-,19+,20+/m1/s1. The van der Waals surface area contributed by atoms with Gasteiger partial charge < -0.3 is 34.9 Å². The Kier molecular flexibility index (Phi) is 5.68. The van der Waals surface area contributed by atoms with E-state index in [2.05, 4.69) is 20.9 Å². The van der Waals surface area contributed by atoms with Crippen molar-refractivity contribution >= 4 is 44.4 Å². The summed E-state index contributed by atoms with van der Waals surface area (Å²) < 4.78 is 8.14. The van der Waals surface area contributed by atoms with Crippen molar-refractivity contribution in [3.63, 3.8) is 0 Å². The van der Waals surface area contributed by atoms with E-state index in [4.69, 9.17) is 21.1 Å². The molecule has 30 heavy (non-hydrogen) atoms. The van der Waals surface area contributed by atoms with Crippen molar-refractivity contribution < 1.29 is 34.7 Å². The summed E-state index contributed by atoms with van der Waals surface area (Å²) in [6, 6.07) is 6.83.